The van der Waals surface area contributed by atoms with E-state index in [9.17, 15) is 0 Å². The minimum atomic E-state index is 0.652. The van der Waals surface area contributed by atoms with Crippen molar-refractivity contribution in [3.05, 3.63) is 164 Å². The number of para-hydroxylation sites is 1. The van der Waals surface area contributed by atoms with E-state index in [0.717, 1.165) is 57.1 Å². The molecule has 0 N–H and O–H groups in total. The average Bonchev–Trinajstić information content (AvgIpc) is 3.21. The molecule has 0 saturated heterocycles. The third-order valence-corrected chi connectivity index (χ3v) is 9.13. The first-order valence-electron chi connectivity index (χ1n) is 17.4. The van der Waals surface area contributed by atoms with Gasteiger partial charge < -0.3 is 0 Å². The molecule has 0 amide bonds. The molecule has 0 atom stereocenters. The summed E-state index contributed by atoms with van der Waals surface area (Å²) in [4.78, 5) is 20.1. The standard InChI is InChI=1S/C44H30N4.C2H6/c1-4-14-29(15-5-1)37-28-38-40(35-21-11-10-20-34(35)37)36-22-12-13-23-39(36)45-41(38)30-24-26-33(27-25-30)44-47-42(31-16-6-2-7-17-31)46-43(48-44)32-18-8-3-9-19-32;1-2/h1-2,4-8,10-28H,3,9H2;1-2H3. The molecule has 2 heterocycles. The zero-order valence-corrected chi connectivity index (χ0v) is 28.2. The first-order valence-corrected chi connectivity index (χ1v) is 17.4. The van der Waals surface area contributed by atoms with Crippen molar-refractivity contribution < 1.29 is 0 Å². The maximum absolute atomic E-state index is 5.29. The molecule has 0 aliphatic heterocycles. The van der Waals surface area contributed by atoms with E-state index in [-0.39, 0.29) is 0 Å². The zero-order valence-electron chi connectivity index (χ0n) is 28.2. The number of rotatable bonds is 5. The fourth-order valence-electron chi connectivity index (χ4n) is 6.80. The summed E-state index contributed by atoms with van der Waals surface area (Å²) in [5, 5.41) is 5.96. The largest absolute Gasteiger partial charge is 0.247 e. The lowest BCUT2D eigenvalue weighted by Crippen LogP contribution is -2.03. The van der Waals surface area contributed by atoms with E-state index < -0.39 is 0 Å². The molecule has 50 heavy (non-hydrogen) atoms. The normalized spacial score (nSPS) is 12.5. The summed E-state index contributed by atoms with van der Waals surface area (Å²) in [7, 11) is 0. The van der Waals surface area contributed by atoms with Gasteiger partial charge >= 0.3 is 0 Å². The Balaban J connectivity index is 0.00000177. The maximum Gasteiger partial charge on any atom is 0.164 e. The molecule has 4 heteroatoms. The van der Waals surface area contributed by atoms with E-state index in [1.165, 1.54) is 27.3 Å². The first kappa shape index (κ1) is 31.0. The second kappa shape index (κ2) is 13.7. The van der Waals surface area contributed by atoms with Gasteiger partial charge in [0.25, 0.3) is 0 Å². The number of aromatic nitrogens is 4. The molecule has 4 nitrogen and oxygen atoms in total. The highest BCUT2D eigenvalue weighted by molar-refractivity contribution is 6.25. The molecular weight excluding hydrogens is 609 g/mol. The van der Waals surface area contributed by atoms with Crippen LogP contribution in [0.2, 0.25) is 0 Å². The van der Waals surface area contributed by atoms with Crippen LogP contribution in [0.1, 0.15) is 32.5 Å². The Morgan fingerprint density at radius 1 is 0.440 bits per heavy atom. The van der Waals surface area contributed by atoms with Crippen molar-refractivity contribution in [1.29, 1.82) is 0 Å². The fraction of sp³-hybridized carbons (Fsp3) is 0.0870. The number of pyridine rings is 1. The van der Waals surface area contributed by atoms with Crippen LogP contribution in [0.3, 0.4) is 0 Å². The Bertz CT molecular complexity index is 2530. The number of hydrogen-bond donors (Lipinski definition) is 0. The highest BCUT2D eigenvalue weighted by atomic mass is 15.0. The van der Waals surface area contributed by atoms with Gasteiger partial charge in [-0.25, -0.2) is 19.9 Å². The van der Waals surface area contributed by atoms with Gasteiger partial charge in [0.2, 0.25) is 0 Å². The quantitative estimate of drug-likeness (QED) is 0.175. The fourth-order valence-corrected chi connectivity index (χ4v) is 6.80. The second-order valence-corrected chi connectivity index (χ2v) is 12.1. The van der Waals surface area contributed by atoms with Crippen LogP contribution in [0.4, 0.5) is 0 Å². The van der Waals surface area contributed by atoms with Crippen LogP contribution in [-0.4, -0.2) is 19.9 Å². The van der Waals surface area contributed by atoms with E-state index >= 15 is 0 Å². The van der Waals surface area contributed by atoms with Gasteiger partial charge in [-0.3, -0.25) is 0 Å². The highest BCUT2D eigenvalue weighted by Crippen LogP contribution is 2.41. The molecule has 0 fully saturated rings. The van der Waals surface area contributed by atoms with E-state index in [2.05, 4.69) is 127 Å². The van der Waals surface area contributed by atoms with Crippen molar-refractivity contribution in [3.8, 4) is 45.2 Å². The van der Waals surface area contributed by atoms with Gasteiger partial charge in [-0.05, 0) is 46.9 Å². The van der Waals surface area contributed by atoms with Gasteiger partial charge in [0.05, 0.1) is 11.2 Å². The monoisotopic (exact) mass is 644 g/mol. The molecule has 0 radical (unpaired) electrons. The van der Waals surface area contributed by atoms with Crippen LogP contribution < -0.4 is 0 Å². The summed E-state index contributed by atoms with van der Waals surface area (Å²) in [6.45, 7) is 4.00. The summed E-state index contributed by atoms with van der Waals surface area (Å²) in [5.74, 6) is 2.02. The van der Waals surface area contributed by atoms with Gasteiger partial charge in [0.1, 0.15) is 0 Å². The highest BCUT2D eigenvalue weighted by Gasteiger charge is 2.18. The van der Waals surface area contributed by atoms with Crippen LogP contribution in [-0.2, 0) is 0 Å². The van der Waals surface area contributed by atoms with Gasteiger partial charge in [-0.2, -0.15) is 0 Å². The predicted molar refractivity (Wildman–Crippen MR) is 210 cm³/mol. The summed E-state index contributed by atoms with van der Waals surface area (Å²) in [6, 6.07) is 48.8. The number of hydrogen-bond acceptors (Lipinski definition) is 4. The summed E-state index contributed by atoms with van der Waals surface area (Å²) < 4.78 is 0. The van der Waals surface area contributed by atoms with Crippen molar-refractivity contribution >= 4 is 38.0 Å². The molecule has 9 rings (SSSR count). The zero-order chi connectivity index (χ0) is 33.9. The third-order valence-electron chi connectivity index (χ3n) is 9.13. The molecule has 1 aliphatic rings. The lowest BCUT2D eigenvalue weighted by molar-refractivity contribution is 1.01. The summed E-state index contributed by atoms with van der Waals surface area (Å²) in [5.41, 5.74) is 8.29. The van der Waals surface area contributed by atoms with E-state index in [4.69, 9.17) is 19.9 Å². The van der Waals surface area contributed by atoms with Crippen molar-refractivity contribution in [3.63, 3.8) is 0 Å². The molecule has 0 bridgehead atoms. The Kier molecular flexibility index (Phi) is 8.50. The van der Waals surface area contributed by atoms with E-state index in [1.807, 2.05) is 44.2 Å². The lowest BCUT2D eigenvalue weighted by atomic mass is 9.90. The van der Waals surface area contributed by atoms with Crippen LogP contribution in [0.5, 0.6) is 0 Å². The van der Waals surface area contributed by atoms with Gasteiger partial charge in [0.15, 0.2) is 17.5 Å². The van der Waals surface area contributed by atoms with Gasteiger partial charge in [-0.1, -0.05) is 159 Å². The van der Waals surface area contributed by atoms with Crippen LogP contribution >= 0.6 is 0 Å². The van der Waals surface area contributed by atoms with Gasteiger partial charge in [0, 0.05) is 38.4 Å². The molecule has 8 aromatic rings. The molecule has 0 spiro atoms. The van der Waals surface area contributed by atoms with E-state index in [0.29, 0.717) is 17.5 Å². The smallest absolute Gasteiger partial charge is 0.164 e. The Morgan fingerprint density at radius 2 is 1.00 bits per heavy atom. The minimum absolute atomic E-state index is 0.652. The summed E-state index contributed by atoms with van der Waals surface area (Å²) >= 11 is 0. The van der Waals surface area contributed by atoms with Crippen LogP contribution in [0.15, 0.2) is 158 Å². The van der Waals surface area contributed by atoms with Crippen molar-refractivity contribution in [1.82, 2.24) is 19.9 Å². The van der Waals surface area contributed by atoms with Gasteiger partial charge in [-0.15, -0.1) is 0 Å². The Hall–Kier alpha value is -6.26. The SMILES string of the molecule is C1=CC(c2nc(-c3ccccc3)nc(-c3ccc(-c4nc5ccccc5c5c4cc(-c4ccccc4)c4ccccc45)cc3)n2)=CCC1.CC. The predicted octanol–water partition coefficient (Wildman–Crippen LogP) is 12.2. The Morgan fingerprint density at radius 3 is 1.68 bits per heavy atom. The van der Waals surface area contributed by atoms with Crippen molar-refractivity contribution in [2.75, 3.05) is 0 Å². The lowest BCUT2D eigenvalue weighted by Gasteiger charge is -2.16. The van der Waals surface area contributed by atoms with Crippen molar-refractivity contribution in [2.45, 2.75) is 26.7 Å². The second-order valence-electron chi connectivity index (χ2n) is 12.1. The molecule has 0 unspecified atom stereocenters. The molecule has 2 aromatic heterocycles. The molecule has 6 aromatic carbocycles. The topological polar surface area (TPSA) is 51.6 Å². The molecule has 240 valence electrons. The minimum Gasteiger partial charge on any atom is -0.247 e. The average molecular weight is 645 g/mol. The first-order chi connectivity index (χ1) is 24.8. The molecule has 0 saturated carbocycles. The van der Waals surface area contributed by atoms with Crippen LogP contribution in [0.25, 0.3) is 83.2 Å². The van der Waals surface area contributed by atoms with Crippen LogP contribution in [0, 0.1) is 0 Å². The number of nitrogens with zero attached hydrogens (tertiary/aromatic N) is 4. The molecule has 1 aliphatic carbocycles. The number of allylic oxidation sites excluding steroid dienone is 4. The number of fused-ring (bicyclic) bond motifs is 5. The third kappa shape index (κ3) is 5.75. The number of benzene rings is 6. The maximum atomic E-state index is 5.29. The van der Waals surface area contributed by atoms with E-state index in [1.54, 1.807) is 0 Å². The summed E-state index contributed by atoms with van der Waals surface area (Å²) in [6.07, 6.45) is 8.53. The molecular formula is C46H36N4. The Labute approximate surface area is 292 Å². The van der Waals surface area contributed by atoms with Crippen molar-refractivity contribution in [2.24, 2.45) is 0 Å².